The summed E-state index contributed by atoms with van der Waals surface area (Å²) in [6, 6.07) is 7.68. The number of hydrogen-bond donors (Lipinski definition) is 0. The van der Waals surface area contributed by atoms with Crippen molar-refractivity contribution >= 4 is 29.2 Å². The third kappa shape index (κ3) is 6.04. The molecule has 0 radical (unpaired) electrons. The van der Waals surface area contributed by atoms with Gasteiger partial charge in [-0.15, -0.1) is 0 Å². The van der Waals surface area contributed by atoms with Crippen molar-refractivity contribution in [1.29, 1.82) is 0 Å². The van der Waals surface area contributed by atoms with Gasteiger partial charge in [0.1, 0.15) is 24.6 Å². The first-order chi connectivity index (χ1) is 18.6. The van der Waals surface area contributed by atoms with Crippen LogP contribution in [0.5, 0.6) is 5.88 Å². The Balaban J connectivity index is 1.52. The Kier molecular flexibility index (Phi) is 8.51. The monoisotopic (exact) mass is 559 g/mol. The number of likely N-dealkylation sites (tertiary alicyclic amines) is 1. The van der Waals surface area contributed by atoms with Crippen molar-refractivity contribution in [2.75, 3.05) is 20.3 Å². The number of aryl methyl sites for hydroxylation is 1. The van der Waals surface area contributed by atoms with Gasteiger partial charge in [-0.05, 0) is 30.7 Å². The van der Waals surface area contributed by atoms with Gasteiger partial charge in [-0.25, -0.2) is 13.8 Å². The van der Waals surface area contributed by atoms with Gasteiger partial charge in [-0.3, -0.25) is 28.6 Å². The second-order valence-electron chi connectivity index (χ2n) is 8.97. The summed E-state index contributed by atoms with van der Waals surface area (Å²) in [7, 11) is 1.46. The molecule has 12 heteroatoms. The van der Waals surface area contributed by atoms with Gasteiger partial charge in [-0.1, -0.05) is 23.7 Å². The van der Waals surface area contributed by atoms with E-state index in [2.05, 4.69) is 4.98 Å². The van der Waals surface area contributed by atoms with E-state index in [0.29, 0.717) is 17.3 Å². The maximum absolute atomic E-state index is 13.9. The number of imide groups is 1. The molecule has 2 aromatic carbocycles. The maximum atomic E-state index is 13.9. The van der Waals surface area contributed by atoms with Crippen molar-refractivity contribution < 1.29 is 32.6 Å². The van der Waals surface area contributed by atoms with Crippen molar-refractivity contribution in [1.82, 2.24) is 14.5 Å². The van der Waals surface area contributed by atoms with E-state index in [9.17, 15) is 28.0 Å². The zero-order valence-electron chi connectivity index (χ0n) is 21.1. The Morgan fingerprint density at radius 3 is 2.64 bits per heavy atom. The normalized spacial score (nSPS) is 15.2. The molecule has 0 bridgehead atoms. The largest absolute Gasteiger partial charge is 0.471 e. The predicted molar refractivity (Wildman–Crippen MR) is 136 cm³/mol. The highest BCUT2D eigenvalue weighted by atomic mass is 35.5. The van der Waals surface area contributed by atoms with Gasteiger partial charge in [0.25, 0.3) is 5.56 Å². The predicted octanol–water partition coefficient (Wildman–Crippen LogP) is 3.65. The molecular formula is C27H24ClF2N3O6. The number of aromatic nitrogens is 2. The molecule has 1 atom stereocenters. The van der Waals surface area contributed by atoms with Crippen molar-refractivity contribution in [3.8, 4) is 11.6 Å². The van der Waals surface area contributed by atoms with E-state index in [1.807, 2.05) is 0 Å². The van der Waals surface area contributed by atoms with Crippen LogP contribution in [0.2, 0.25) is 5.02 Å². The quantitative estimate of drug-likeness (QED) is 0.276. The molecule has 0 aliphatic carbocycles. The maximum Gasteiger partial charge on any atom is 0.280 e. The lowest BCUT2D eigenvalue weighted by molar-refractivity contribution is -0.140. The Hall–Kier alpha value is -3.96. The third-order valence-corrected chi connectivity index (χ3v) is 6.67. The first kappa shape index (κ1) is 28.1. The zero-order valence-corrected chi connectivity index (χ0v) is 21.8. The number of carbonyl (C=O) groups is 3. The molecule has 0 spiro atoms. The number of methoxy groups -OCH3 is 1. The molecule has 9 nitrogen and oxygen atoms in total. The molecule has 1 aliphatic rings. The van der Waals surface area contributed by atoms with E-state index < -0.39 is 29.0 Å². The summed E-state index contributed by atoms with van der Waals surface area (Å²) in [5.41, 5.74) is 0.545. The molecule has 1 aliphatic heterocycles. The van der Waals surface area contributed by atoms with Crippen LogP contribution >= 0.6 is 11.6 Å². The molecule has 39 heavy (non-hydrogen) atoms. The lowest BCUT2D eigenvalue weighted by Crippen LogP contribution is -2.33. The number of hydrogen-bond acceptors (Lipinski definition) is 7. The summed E-state index contributed by atoms with van der Waals surface area (Å²) in [5.74, 6) is -3.70. The summed E-state index contributed by atoms with van der Waals surface area (Å²) in [4.78, 5) is 56.0. The number of nitrogens with zero attached hydrogens (tertiary/aromatic N) is 3. The van der Waals surface area contributed by atoms with Gasteiger partial charge in [-0.2, -0.15) is 0 Å². The molecule has 4 rings (SSSR count). The summed E-state index contributed by atoms with van der Waals surface area (Å²) < 4.78 is 38.5. The standard InChI is InChI=1S/C27H24ClF2N3O6/c1-15-3-4-16(22(34)10-18-11-23(35)32(26(18)36)7-8-38-2)9-21(15)33-14-31-25(24(28)27(33)37)39-13-17-5-6-19(29)12-20(17)30/h3-6,9,12,14,18H,7-8,10-11,13H2,1-2H3/t18-/m0/s1. The number of carbonyl (C=O) groups excluding carboxylic acids is 3. The third-order valence-electron chi connectivity index (χ3n) is 6.34. The fraction of sp³-hybridized carbons (Fsp3) is 0.296. The minimum atomic E-state index is -0.817. The number of amides is 2. The molecule has 1 aromatic heterocycles. The molecule has 1 saturated heterocycles. The van der Waals surface area contributed by atoms with Gasteiger partial charge in [0.05, 0.1) is 24.8 Å². The van der Waals surface area contributed by atoms with Gasteiger partial charge >= 0.3 is 0 Å². The minimum Gasteiger partial charge on any atom is -0.471 e. The Labute approximate surface area is 226 Å². The number of Topliss-reactive ketones (excluding diaryl/α,β-unsaturated/α-hetero) is 1. The van der Waals surface area contributed by atoms with Gasteiger partial charge in [0, 0.05) is 37.1 Å². The number of rotatable bonds is 10. The average Bonchev–Trinajstić information content (AvgIpc) is 3.16. The van der Waals surface area contributed by atoms with Gasteiger partial charge < -0.3 is 9.47 Å². The molecule has 3 aromatic rings. The van der Waals surface area contributed by atoms with Crippen LogP contribution in [0.15, 0.2) is 47.5 Å². The Morgan fingerprint density at radius 2 is 1.92 bits per heavy atom. The highest BCUT2D eigenvalue weighted by Crippen LogP contribution is 2.26. The molecular weight excluding hydrogens is 536 g/mol. The van der Waals surface area contributed by atoms with E-state index in [1.165, 1.54) is 19.2 Å². The number of ether oxygens (including phenoxy) is 2. The molecule has 2 heterocycles. The summed E-state index contributed by atoms with van der Waals surface area (Å²) in [6.07, 6.45) is 0.931. The van der Waals surface area contributed by atoms with E-state index in [-0.39, 0.29) is 66.3 Å². The van der Waals surface area contributed by atoms with E-state index in [4.69, 9.17) is 21.1 Å². The second-order valence-corrected chi connectivity index (χ2v) is 9.35. The lowest BCUT2D eigenvalue weighted by atomic mass is 9.96. The van der Waals surface area contributed by atoms with Crippen LogP contribution in [0.25, 0.3) is 5.69 Å². The molecule has 2 amide bonds. The van der Waals surface area contributed by atoms with Crippen LogP contribution in [0.3, 0.4) is 0 Å². The summed E-state index contributed by atoms with van der Waals surface area (Å²) in [6.45, 7) is 1.72. The SMILES string of the molecule is COCCN1C(=O)C[C@H](CC(=O)c2ccc(C)c(-n3cnc(OCc4ccc(F)cc4F)c(Cl)c3=O)c2)C1=O. The van der Waals surface area contributed by atoms with Crippen LogP contribution in [0.1, 0.15) is 34.3 Å². The van der Waals surface area contributed by atoms with Crippen molar-refractivity contribution in [2.24, 2.45) is 5.92 Å². The van der Waals surface area contributed by atoms with Gasteiger partial charge in [0.2, 0.25) is 17.7 Å². The van der Waals surface area contributed by atoms with E-state index in [0.717, 1.165) is 21.9 Å². The van der Waals surface area contributed by atoms with Crippen molar-refractivity contribution in [3.63, 3.8) is 0 Å². The Morgan fingerprint density at radius 1 is 1.15 bits per heavy atom. The smallest absolute Gasteiger partial charge is 0.280 e. The van der Waals surface area contributed by atoms with Crippen LogP contribution in [-0.2, 0) is 20.9 Å². The number of halogens is 3. The fourth-order valence-corrected chi connectivity index (χ4v) is 4.38. The minimum absolute atomic E-state index is 0.0461. The molecule has 0 unspecified atom stereocenters. The van der Waals surface area contributed by atoms with Crippen LogP contribution in [0, 0.1) is 24.5 Å². The molecule has 204 valence electrons. The molecule has 0 N–H and O–H groups in total. The highest BCUT2D eigenvalue weighted by Gasteiger charge is 2.39. The molecule has 1 fully saturated rings. The van der Waals surface area contributed by atoms with Crippen molar-refractivity contribution in [2.45, 2.75) is 26.4 Å². The number of benzene rings is 2. The molecule has 0 saturated carbocycles. The topological polar surface area (TPSA) is 108 Å². The zero-order chi connectivity index (χ0) is 28.3. The second kappa shape index (κ2) is 11.8. The van der Waals surface area contributed by atoms with E-state index >= 15 is 0 Å². The van der Waals surface area contributed by atoms with E-state index in [1.54, 1.807) is 19.1 Å². The average molecular weight is 560 g/mol. The first-order valence-corrected chi connectivity index (χ1v) is 12.3. The van der Waals surface area contributed by atoms with Crippen molar-refractivity contribution in [3.05, 3.63) is 86.4 Å². The highest BCUT2D eigenvalue weighted by molar-refractivity contribution is 6.31. The fourth-order valence-electron chi connectivity index (χ4n) is 4.19. The summed E-state index contributed by atoms with van der Waals surface area (Å²) in [5, 5.41) is -0.373. The van der Waals surface area contributed by atoms with Crippen LogP contribution < -0.4 is 10.3 Å². The number of ketones is 1. The Bertz CT molecular complexity index is 1510. The first-order valence-electron chi connectivity index (χ1n) is 11.9. The van der Waals surface area contributed by atoms with Crippen LogP contribution in [0.4, 0.5) is 8.78 Å². The van der Waals surface area contributed by atoms with Crippen LogP contribution in [-0.4, -0.2) is 52.3 Å². The van der Waals surface area contributed by atoms with Gasteiger partial charge in [0.15, 0.2) is 10.8 Å². The summed E-state index contributed by atoms with van der Waals surface area (Å²) >= 11 is 6.20. The lowest BCUT2D eigenvalue weighted by Gasteiger charge is -2.15.